The average molecular weight is 238 g/mol. The zero-order valence-electron chi connectivity index (χ0n) is 11.7. The minimum atomic E-state index is 0.731. The number of nitrogens with two attached hydrogens (primary N) is 1. The van der Waals surface area contributed by atoms with Crippen LogP contribution in [0.5, 0.6) is 0 Å². The van der Waals surface area contributed by atoms with Gasteiger partial charge >= 0.3 is 0 Å². The Morgan fingerprint density at radius 1 is 1.18 bits per heavy atom. The summed E-state index contributed by atoms with van der Waals surface area (Å²) in [5.74, 6) is 2.51. The summed E-state index contributed by atoms with van der Waals surface area (Å²) in [5.41, 5.74) is 5.91. The number of hydrogen-bond donors (Lipinski definition) is 1. The molecule has 2 N–H and O–H groups in total. The molecule has 2 aliphatic rings. The van der Waals surface area contributed by atoms with Crippen LogP contribution >= 0.6 is 0 Å². The van der Waals surface area contributed by atoms with Crippen LogP contribution in [0.15, 0.2) is 0 Å². The topological polar surface area (TPSA) is 29.3 Å². The monoisotopic (exact) mass is 238 g/mol. The summed E-state index contributed by atoms with van der Waals surface area (Å²) in [6.07, 6.45) is 8.64. The number of likely N-dealkylation sites (tertiary alicyclic amines) is 1. The minimum absolute atomic E-state index is 0.731. The first-order valence-corrected chi connectivity index (χ1v) is 7.66. The fraction of sp³-hybridized carbons (Fsp3) is 1.00. The van der Waals surface area contributed by atoms with E-state index in [1.807, 2.05) is 0 Å². The molecule has 2 heteroatoms. The Morgan fingerprint density at radius 2 is 1.88 bits per heavy atom. The Labute approximate surface area is 107 Å². The summed E-state index contributed by atoms with van der Waals surface area (Å²) in [7, 11) is 0. The molecule has 0 aromatic rings. The molecule has 3 atom stereocenters. The largest absolute Gasteiger partial charge is 0.330 e. The summed E-state index contributed by atoms with van der Waals surface area (Å²) in [6.45, 7) is 8.25. The van der Waals surface area contributed by atoms with Crippen molar-refractivity contribution in [2.45, 2.75) is 58.4 Å². The summed E-state index contributed by atoms with van der Waals surface area (Å²) in [6, 6.07) is 0.789. The van der Waals surface area contributed by atoms with Crippen molar-refractivity contribution in [3.05, 3.63) is 0 Å². The molecule has 0 bridgehead atoms. The Kier molecular flexibility index (Phi) is 4.87. The van der Waals surface area contributed by atoms with Crippen LogP contribution in [-0.2, 0) is 0 Å². The van der Waals surface area contributed by atoms with E-state index in [0.717, 1.165) is 30.3 Å². The van der Waals surface area contributed by atoms with Gasteiger partial charge in [0.05, 0.1) is 0 Å². The number of hydrogen-bond acceptors (Lipinski definition) is 2. The van der Waals surface area contributed by atoms with E-state index in [-0.39, 0.29) is 0 Å². The molecule has 0 radical (unpaired) electrons. The van der Waals surface area contributed by atoms with E-state index < -0.39 is 0 Å². The molecule has 1 saturated carbocycles. The fourth-order valence-electron chi connectivity index (χ4n) is 3.77. The van der Waals surface area contributed by atoms with Crippen LogP contribution in [0.4, 0.5) is 0 Å². The predicted molar refractivity (Wildman–Crippen MR) is 73.9 cm³/mol. The van der Waals surface area contributed by atoms with Gasteiger partial charge in [-0.3, -0.25) is 0 Å². The lowest BCUT2D eigenvalue weighted by Crippen LogP contribution is -2.49. The van der Waals surface area contributed by atoms with Gasteiger partial charge < -0.3 is 10.6 Å². The van der Waals surface area contributed by atoms with Crippen LogP contribution in [0, 0.1) is 17.8 Å². The van der Waals surface area contributed by atoms with Crippen LogP contribution in [0.3, 0.4) is 0 Å². The zero-order chi connectivity index (χ0) is 12.3. The maximum Gasteiger partial charge on any atom is 0.00953 e. The first-order valence-electron chi connectivity index (χ1n) is 7.66. The van der Waals surface area contributed by atoms with Crippen LogP contribution in [-0.4, -0.2) is 30.6 Å². The van der Waals surface area contributed by atoms with Gasteiger partial charge in [0, 0.05) is 12.6 Å². The normalized spacial score (nSPS) is 34.8. The van der Waals surface area contributed by atoms with Gasteiger partial charge in [-0.25, -0.2) is 0 Å². The van der Waals surface area contributed by atoms with Crippen molar-refractivity contribution in [3.63, 3.8) is 0 Å². The van der Waals surface area contributed by atoms with E-state index in [9.17, 15) is 0 Å². The Hall–Kier alpha value is -0.0800. The third kappa shape index (κ3) is 3.23. The molecular formula is C15H30N2. The highest BCUT2D eigenvalue weighted by atomic mass is 15.2. The van der Waals surface area contributed by atoms with Gasteiger partial charge in [0.1, 0.15) is 0 Å². The predicted octanol–water partition coefficient (Wildman–Crippen LogP) is 2.87. The molecule has 0 aromatic heterocycles. The van der Waals surface area contributed by atoms with Gasteiger partial charge in [0.15, 0.2) is 0 Å². The van der Waals surface area contributed by atoms with Gasteiger partial charge in [-0.05, 0) is 57.0 Å². The van der Waals surface area contributed by atoms with E-state index in [1.54, 1.807) is 0 Å². The lowest BCUT2D eigenvalue weighted by Gasteiger charge is -2.43. The second-order valence-corrected chi connectivity index (χ2v) is 6.40. The standard InChI is InChI=1S/C15H30N2/c1-12-8-9-17(11-15(12)10-16)13(2)14-6-4-3-5-7-14/h12-15H,3-11,16H2,1-2H3. The van der Waals surface area contributed by atoms with Crippen molar-refractivity contribution in [1.82, 2.24) is 4.90 Å². The van der Waals surface area contributed by atoms with E-state index in [0.29, 0.717) is 0 Å². The maximum atomic E-state index is 5.91. The second kappa shape index (κ2) is 6.19. The number of piperidine rings is 1. The van der Waals surface area contributed by atoms with Crippen molar-refractivity contribution < 1.29 is 0 Å². The molecule has 0 amide bonds. The van der Waals surface area contributed by atoms with Gasteiger partial charge in [0.2, 0.25) is 0 Å². The third-order valence-electron chi connectivity index (χ3n) is 5.36. The van der Waals surface area contributed by atoms with Gasteiger partial charge in [-0.1, -0.05) is 26.2 Å². The first-order chi connectivity index (χ1) is 8.22. The molecule has 0 spiro atoms. The molecule has 2 nitrogen and oxygen atoms in total. The highest BCUT2D eigenvalue weighted by Crippen LogP contribution is 2.32. The molecule has 1 aliphatic heterocycles. The Balaban J connectivity index is 1.88. The molecule has 2 rings (SSSR count). The number of rotatable bonds is 3. The summed E-state index contributed by atoms with van der Waals surface area (Å²) in [4.78, 5) is 2.73. The minimum Gasteiger partial charge on any atom is -0.330 e. The smallest absolute Gasteiger partial charge is 0.00953 e. The maximum absolute atomic E-state index is 5.91. The Bertz CT molecular complexity index is 223. The third-order valence-corrected chi connectivity index (χ3v) is 5.36. The second-order valence-electron chi connectivity index (χ2n) is 6.40. The summed E-state index contributed by atoms with van der Waals surface area (Å²) < 4.78 is 0. The van der Waals surface area contributed by atoms with Gasteiger partial charge in [0.25, 0.3) is 0 Å². The van der Waals surface area contributed by atoms with Crippen LogP contribution in [0.2, 0.25) is 0 Å². The number of nitrogens with zero attached hydrogens (tertiary/aromatic N) is 1. The molecule has 3 unspecified atom stereocenters. The van der Waals surface area contributed by atoms with Crippen molar-refractivity contribution in [3.8, 4) is 0 Å². The molecule has 17 heavy (non-hydrogen) atoms. The molecule has 0 aromatic carbocycles. The lowest BCUT2D eigenvalue weighted by atomic mass is 9.81. The molecule has 1 aliphatic carbocycles. The van der Waals surface area contributed by atoms with Crippen molar-refractivity contribution in [2.75, 3.05) is 19.6 Å². The van der Waals surface area contributed by atoms with E-state index in [4.69, 9.17) is 5.73 Å². The molecular weight excluding hydrogens is 208 g/mol. The fourth-order valence-corrected chi connectivity index (χ4v) is 3.77. The van der Waals surface area contributed by atoms with Crippen molar-refractivity contribution in [2.24, 2.45) is 23.5 Å². The van der Waals surface area contributed by atoms with Crippen molar-refractivity contribution in [1.29, 1.82) is 0 Å². The van der Waals surface area contributed by atoms with Gasteiger partial charge in [-0.2, -0.15) is 0 Å². The van der Waals surface area contributed by atoms with E-state index in [1.165, 1.54) is 51.6 Å². The highest BCUT2D eigenvalue weighted by molar-refractivity contribution is 4.85. The molecule has 1 saturated heterocycles. The van der Waals surface area contributed by atoms with Crippen molar-refractivity contribution >= 4 is 0 Å². The summed E-state index contributed by atoms with van der Waals surface area (Å²) in [5, 5.41) is 0. The van der Waals surface area contributed by atoms with E-state index >= 15 is 0 Å². The lowest BCUT2D eigenvalue weighted by molar-refractivity contribution is 0.0604. The van der Waals surface area contributed by atoms with E-state index in [2.05, 4.69) is 18.7 Å². The molecule has 2 fully saturated rings. The SMILES string of the molecule is CC1CCN(C(C)C2CCCCC2)CC1CN. The van der Waals surface area contributed by atoms with Crippen LogP contribution in [0.1, 0.15) is 52.4 Å². The van der Waals surface area contributed by atoms with Crippen LogP contribution < -0.4 is 5.73 Å². The molecule has 1 heterocycles. The van der Waals surface area contributed by atoms with Crippen LogP contribution in [0.25, 0.3) is 0 Å². The average Bonchev–Trinajstić information content (AvgIpc) is 2.39. The highest BCUT2D eigenvalue weighted by Gasteiger charge is 2.31. The quantitative estimate of drug-likeness (QED) is 0.819. The first kappa shape index (κ1) is 13.4. The molecule has 100 valence electrons. The summed E-state index contributed by atoms with van der Waals surface area (Å²) >= 11 is 0. The van der Waals surface area contributed by atoms with Gasteiger partial charge in [-0.15, -0.1) is 0 Å². The Morgan fingerprint density at radius 3 is 2.53 bits per heavy atom. The zero-order valence-corrected chi connectivity index (χ0v) is 11.7.